The molecule has 6 nitrogen and oxygen atoms in total. The SMILES string of the molecule is C=C1CC[C@H](OC(C)(C)C)[C@@]2(C)C[C@@H](OCOC)[C@@]3(O)C(C)=CC(=O)[C@@H]([C@H](O)[C@@H]12)C3(C)C. The minimum atomic E-state index is -1.45. The maximum absolute atomic E-state index is 13.3. The predicted molar refractivity (Wildman–Crippen MR) is 123 cm³/mol. The molecule has 3 aliphatic carbocycles. The standard InChI is InChI=1S/C26H42O6/c1-15-10-11-18(32-23(3,4)5)25(8)13-19(31-14-30-9)26(29)16(2)12-17(27)21(24(26,6)7)22(28)20(15)25/h12,18-22,28-29H,1,10-11,13-14H2,2-9H3/t18-,19+,20+,21-,22+,25+,26-/m0/s1. The molecule has 2 saturated carbocycles. The average molecular weight is 451 g/mol. The fourth-order valence-corrected chi connectivity index (χ4v) is 6.83. The number of carbonyl (C=O) groups is 1. The van der Waals surface area contributed by atoms with Gasteiger partial charge in [-0.05, 0) is 58.6 Å². The van der Waals surface area contributed by atoms with Crippen LogP contribution in [0.25, 0.3) is 0 Å². The summed E-state index contributed by atoms with van der Waals surface area (Å²) in [6.45, 7) is 18.0. The summed E-state index contributed by atoms with van der Waals surface area (Å²) in [5.74, 6) is -1.31. The van der Waals surface area contributed by atoms with E-state index in [1.165, 1.54) is 6.08 Å². The molecular weight excluding hydrogens is 408 g/mol. The molecule has 2 bridgehead atoms. The van der Waals surface area contributed by atoms with Gasteiger partial charge in [-0.1, -0.05) is 32.9 Å². The Hall–Kier alpha value is -1.05. The normalized spacial score (nSPS) is 42.1. The minimum Gasteiger partial charge on any atom is -0.392 e. The molecule has 0 aliphatic heterocycles. The Kier molecular flexibility index (Phi) is 6.64. The fraction of sp³-hybridized carbons (Fsp3) is 0.808. The lowest BCUT2D eigenvalue weighted by molar-refractivity contribution is -0.248. The fourth-order valence-electron chi connectivity index (χ4n) is 6.83. The van der Waals surface area contributed by atoms with Crippen molar-refractivity contribution in [3.05, 3.63) is 23.8 Å². The van der Waals surface area contributed by atoms with Crippen LogP contribution in [0.15, 0.2) is 23.8 Å². The summed E-state index contributed by atoms with van der Waals surface area (Å²) in [7, 11) is 1.55. The number of aliphatic hydroxyl groups excluding tert-OH is 1. The van der Waals surface area contributed by atoms with Crippen LogP contribution < -0.4 is 0 Å². The topological polar surface area (TPSA) is 85.2 Å². The van der Waals surface area contributed by atoms with E-state index < -0.39 is 34.6 Å². The molecule has 0 spiro atoms. The lowest BCUT2D eigenvalue weighted by Crippen LogP contribution is -2.69. The highest BCUT2D eigenvalue weighted by Gasteiger charge is 2.66. The van der Waals surface area contributed by atoms with Crippen molar-refractivity contribution >= 4 is 5.78 Å². The number of rotatable bonds is 4. The number of carbonyl (C=O) groups excluding carboxylic acids is 1. The molecular formula is C26H42O6. The largest absolute Gasteiger partial charge is 0.392 e. The number of ether oxygens (including phenoxy) is 3. The molecule has 0 radical (unpaired) electrons. The van der Waals surface area contributed by atoms with E-state index >= 15 is 0 Å². The number of hydrogen-bond acceptors (Lipinski definition) is 6. The smallest absolute Gasteiger partial charge is 0.162 e. The van der Waals surface area contributed by atoms with Crippen LogP contribution in [0.3, 0.4) is 0 Å². The summed E-state index contributed by atoms with van der Waals surface area (Å²) in [5.41, 5.74) is -1.91. The van der Waals surface area contributed by atoms with Gasteiger partial charge in [0.2, 0.25) is 0 Å². The van der Waals surface area contributed by atoms with E-state index in [9.17, 15) is 15.0 Å². The first-order valence-corrected chi connectivity index (χ1v) is 11.7. The lowest BCUT2D eigenvalue weighted by atomic mass is 9.47. The number of hydrogen-bond donors (Lipinski definition) is 2. The van der Waals surface area contributed by atoms with Crippen molar-refractivity contribution in [2.75, 3.05) is 13.9 Å². The Morgan fingerprint density at radius 3 is 2.38 bits per heavy atom. The van der Waals surface area contributed by atoms with Crippen LogP contribution in [0.2, 0.25) is 0 Å². The Morgan fingerprint density at radius 2 is 1.81 bits per heavy atom. The van der Waals surface area contributed by atoms with Crippen molar-refractivity contribution in [3.8, 4) is 0 Å². The van der Waals surface area contributed by atoms with E-state index in [4.69, 9.17) is 14.2 Å². The first-order valence-electron chi connectivity index (χ1n) is 11.7. The number of methoxy groups -OCH3 is 1. The van der Waals surface area contributed by atoms with E-state index in [0.29, 0.717) is 12.0 Å². The Labute approximate surface area is 193 Å². The molecule has 0 amide bonds. The van der Waals surface area contributed by atoms with Crippen molar-refractivity contribution in [1.29, 1.82) is 0 Å². The van der Waals surface area contributed by atoms with Gasteiger partial charge in [0.15, 0.2) is 5.78 Å². The van der Waals surface area contributed by atoms with E-state index in [2.05, 4.69) is 13.5 Å². The van der Waals surface area contributed by atoms with Gasteiger partial charge in [0.05, 0.1) is 29.8 Å². The highest BCUT2D eigenvalue weighted by atomic mass is 16.7. The molecule has 6 heteroatoms. The molecule has 3 aliphatic rings. The van der Waals surface area contributed by atoms with Crippen LogP contribution in [0, 0.1) is 22.7 Å². The van der Waals surface area contributed by atoms with Gasteiger partial charge in [-0.15, -0.1) is 0 Å². The monoisotopic (exact) mass is 450 g/mol. The van der Waals surface area contributed by atoms with Crippen molar-refractivity contribution in [1.82, 2.24) is 0 Å². The van der Waals surface area contributed by atoms with Crippen molar-refractivity contribution in [2.45, 2.75) is 97.2 Å². The summed E-state index contributed by atoms with van der Waals surface area (Å²) < 4.78 is 17.9. The second-order valence-corrected chi connectivity index (χ2v) is 11.9. The second-order valence-electron chi connectivity index (χ2n) is 11.9. The second kappa shape index (κ2) is 8.31. The van der Waals surface area contributed by atoms with Gasteiger partial charge in [-0.25, -0.2) is 0 Å². The molecule has 182 valence electrons. The van der Waals surface area contributed by atoms with Gasteiger partial charge >= 0.3 is 0 Å². The maximum Gasteiger partial charge on any atom is 0.162 e. The van der Waals surface area contributed by atoms with E-state index in [-0.39, 0.29) is 30.2 Å². The zero-order chi connectivity index (χ0) is 24.3. The van der Waals surface area contributed by atoms with Crippen molar-refractivity contribution in [2.24, 2.45) is 22.7 Å². The van der Waals surface area contributed by atoms with Crippen LogP contribution in [-0.4, -0.2) is 59.4 Å². The summed E-state index contributed by atoms with van der Waals surface area (Å²) in [6, 6.07) is 0. The lowest BCUT2D eigenvalue weighted by Gasteiger charge is -2.62. The third-order valence-electron chi connectivity index (χ3n) is 8.30. The van der Waals surface area contributed by atoms with Gasteiger partial charge in [0.25, 0.3) is 0 Å². The molecule has 0 aromatic heterocycles. The number of allylic oxidation sites excluding steroid dienone is 1. The maximum atomic E-state index is 13.3. The minimum absolute atomic E-state index is 0.0178. The van der Waals surface area contributed by atoms with Crippen LogP contribution in [0.4, 0.5) is 0 Å². The average Bonchev–Trinajstić information content (AvgIpc) is 2.64. The zero-order valence-corrected chi connectivity index (χ0v) is 21.0. The number of fused-ring (bicyclic) bond motifs is 3. The summed E-state index contributed by atoms with van der Waals surface area (Å²) in [6.07, 6.45) is 1.58. The molecule has 7 atom stereocenters. The molecule has 32 heavy (non-hydrogen) atoms. The summed E-state index contributed by atoms with van der Waals surface area (Å²) in [5, 5.41) is 24.0. The highest BCUT2D eigenvalue weighted by molar-refractivity contribution is 5.95. The van der Waals surface area contributed by atoms with Crippen molar-refractivity contribution < 1.29 is 29.2 Å². The van der Waals surface area contributed by atoms with Crippen LogP contribution in [-0.2, 0) is 19.0 Å². The molecule has 2 fully saturated rings. The summed E-state index contributed by atoms with van der Waals surface area (Å²) in [4.78, 5) is 13.3. The molecule has 0 saturated heterocycles. The molecule has 3 rings (SSSR count). The van der Waals surface area contributed by atoms with Gasteiger partial charge in [0, 0.05) is 23.9 Å². The van der Waals surface area contributed by atoms with E-state index in [1.54, 1.807) is 14.0 Å². The highest BCUT2D eigenvalue weighted by Crippen LogP contribution is 2.61. The molecule has 2 N–H and O–H groups in total. The molecule has 0 aromatic carbocycles. The number of ketones is 1. The molecule has 0 unspecified atom stereocenters. The van der Waals surface area contributed by atoms with Crippen LogP contribution in [0.1, 0.15) is 67.7 Å². The third kappa shape index (κ3) is 3.82. The van der Waals surface area contributed by atoms with Crippen LogP contribution in [0.5, 0.6) is 0 Å². The predicted octanol–water partition coefficient (Wildman–Crippen LogP) is 3.80. The summed E-state index contributed by atoms with van der Waals surface area (Å²) >= 11 is 0. The van der Waals surface area contributed by atoms with Gasteiger partial charge in [-0.3, -0.25) is 4.79 Å². The molecule has 0 heterocycles. The van der Waals surface area contributed by atoms with Crippen LogP contribution >= 0.6 is 0 Å². The van der Waals surface area contributed by atoms with Gasteiger partial charge in [0.1, 0.15) is 12.4 Å². The van der Waals surface area contributed by atoms with E-state index in [0.717, 1.165) is 18.4 Å². The van der Waals surface area contributed by atoms with Gasteiger partial charge in [-0.2, -0.15) is 0 Å². The number of aliphatic hydroxyl groups is 2. The molecule has 0 aromatic rings. The first kappa shape index (κ1) is 25.6. The zero-order valence-electron chi connectivity index (χ0n) is 21.0. The van der Waals surface area contributed by atoms with Crippen molar-refractivity contribution in [3.63, 3.8) is 0 Å². The Morgan fingerprint density at radius 1 is 1.19 bits per heavy atom. The quantitative estimate of drug-likeness (QED) is 0.501. The Balaban J connectivity index is 2.24. The van der Waals surface area contributed by atoms with E-state index in [1.807, 2.05) is 34.6 Å². The third-order valence-corrected chi connectivity index (χ3v) is 8.30. The first-order chi connectivity index (χ1) is 14.6. The Bertz CT molecular complexity index is 793. The van der Waals surface area contributed by atoms with Gasteiger partial charge < -0.3 is 24.4 Å².